The molecule has 7 heteroatoms. The minimum atomic E-state index is -0.312. The Hall–Kier alpha value is -3.74. The molecule has 168 valence electrons. The van der Waals surface area contributed by atoms with Gasteiger partial charge < -0.3 is 24.2 Å². The summed E-state index contributed by atoms with van der Waals surface area (Å²) in [4.78, 5) is 11.9. The molecule has 0 saturated heterocycles. The maximum Gasteiger partial charge on any atom is 0.338 e. The summed E-state index contributed by atoms with van der Waals surface area (Å²) in [5, 5.41) is 4.38. The third-order valence-corrected chi connectivity index (χ3v) is 5.13. The molecule has 0 bridgehead atoms. The second-order valence-electron chi connectivity index (χ2n) is 7.21. The zero-order valence-electron chi connectivity index (χ0n) is 19.1. The van der Waals surface area contributed by atoms with Crippen LogP contribution >= 0.6 is 0 Å². The molecule has 3 aromatic rings. The topological polar surface area (TPSA) is 74.1 Å². The van der Waals surface area contributed by atoms with Crippen molar-refractivity contribution in [3.8, 4) is 17.2 Å². The molecular formula is C25H29N3O4. The third kappa shape index (κ3) is 5.11. The van der Waals surface area contributed by atoms with Crippen LogP contribution in [0.1, 0.15) is 39.8 Å². The Labute approximate surface area is 188 Å². The number of esters is 1. The van der Waals surface area contributed by atoms with Crippen LogP contribution in [0.3, 0.4) is 0 Å². The molecule has 0 aliphatic rings. The van der Waals surface area contributed by atoms with Crippen molar-refractivity contribution in [2.24, 2.45) is 5.10 Å². The Morgan fingerprint density at radius 2 is 1.75 bits per heavy atom. The van der Waals surface area contributed by atoms with Crippen molar-refractivity contribution >= 4 is 12.2 Å². The fraction of sp³-hybridized carbons (Fsp3) is 0.280. The van der Waals surface area contributed by atoms with E-state index in [0.717, 1.165) is 28.2 Å². The van der Waals surface area contributed by atoms with Crippen LogP contribution in [0.2, 0.25) is 0 Å². The minimum Gasteiger partial charge on any atom is -0.493 e. The van der Waals surface area contributed by atoms with Gasteiger partial charge in [-0.05, 0) is 68.8 Å². The smallest absolute Gasteiger partial charge is 0.338 e. The Bertz CT molecular complexity index is 1100. The number of benzene rings is 2. The summed E-state index contributed by atoms with van der Waals surface area (Å²) in [7, 11) is 3.23. The summed E-state index contributed by atoms with van der Waals surface area (Å²) in [6.07, 6.45) is 1.81. The maximum absolute atomic E-state index is 11.9. The van der Waals surface area contributed by atoms with Crippen molar-refractivity contribution in [3.05, 3.63) is 76.6 Å². The van der Waals surface area contributed by atoms with Crippen molar-refractivity contribution in [3.63, 3.8) is 0 Å². The fourth-order valence-electron chi connectivity index (χ4n) is 3.52. The molecule has 2 aromatic carbocycles. The van der Waals surface area contributed by atoms with Gasteiger partial charge in [0.15, 0.2) is 11.5 Å². The van der Waals surface area contributed by atoms with Crippen molar-refractivity contribution in [1.82, 2.24) is 9.99 Å². The number of hydrogen-bond donors (Lipinski definition) is 1. The summed E-state index contributed by atoms with van der Waals surface area (Å²) >= 11 is 0. The number of aromatic nitrogens is 1. The summed E-state index contributed by atoms with van der Waals surface area (Å²) < 4.78 is 17.8. The van der Waals surface area contributed by atoms with Crippen molar-refractivity contribution < 1.29 is 19.0 Å². The summed E-state index contributed by atoms with van der Waals surface area (Å²) in [5.41, 5.74) is 8.78. The predicted molar refractivity (Wildman–Crippen MR) is 125 cm³/mol. The highest BCUT2D eigenvalue weighted by Crippen LogP contribution is 2.27. The van der Waals surface area contributed by atoms with Gasteiger partial charge in [-0.2, -0.15) is 5.10 Å². The fourth-order valence-corrected chi connectivity index (χ4v) is 3.52. The number of carbonyl (C=O) groups excluding carboxylic acids is 1. The van der Waals surface area contributed by atoms with E-state index in [1.165, 1.54) is 0 Å². The van der Waals surface area contributed by atoms with Crippen LogP contribution in [-0.2, 0) is 11.3 Å². The van der Waals surface area contributed by atoms with E-state index in [9.17, 15) is 4.79 Å². The number of hydrazone groups is 1. The molecular weight excluding hydrogens is 406 g/mol. The lowest BCUT2D eigenvalue weighted by molar-refractivity contribution is 0.0526. The Morgan fingerprint density at radius 3 is 2.41 bits per heavy atom. The normalized spacial score (nSPS) is 10.9. The van der Waals surface area contributed by atoms with Crippen LogP contribution in [-0.4, -0.2) is 37.6 Å². The maximum atomic E-state index is 11.9. The minimum absolute atomic E-state index is 0.312. The molecule has 1 heterocycles. The van der Waals surface area contributed by atoms with Gasteiger partial charge >= 0.3 is 5.97 Å². The number of ether oxygens (including phenoxy) is 3. The quantitative estimate of drug-likeness (QED) is 0.306. The van der Waals surface area contributed by atoms with Gasteiger partial charge in [0.2, 0.25) is 0 Å². The monoisotopic (exact) mass is 435 g/mol. The van der Waals surface area contributed by atoms with Gasteiger partial charge in [-0.15, -0.1) is 0 Å². The number of methoxy groups -OCH3 is 2. The Balaban J connectivity index is 1.69. The molecule has 1 N–H and O–H groups in total. The van der Waals surface area contributed by atoms with Crippen LogP contribution < -0.4 is 14.9 Å². The molecule has 0 spiro atoms. The zero-order chi connectivity index (χ0) is 23.1. The van der Waals surface area contributed by atoms with E-state index in [1.54, 1.807) is 33.3 Å². The average Bonchev–Trinajstić information content (AvgIpc) is 3.09. The van der Waals surface area contributed by atoms with Gasteiger partial charge in [-0.1, -0.05) is 6.07 Å². The largest absolute Gasteiger partial charge is 0.493 e. The molecule has 0 fully saturated rings. The van der Waals surface area contributed by atoms with Crippen molar-refractivity contribution in [2.75, 3.05) is 20.8 Å². The average molecular weight is 436 g/mol. The lowest BCUT2D eigenvalue weighted by Crippen LogP contribution is -2.06. The molecule has 0 unspecified atom stereocenters. The zero-order valence-corrected chi connectivity index (χ0v) is 19.1. The second kappa shape index (κ2) is 10.5. The standard InChI is InChI=1S/C25H29N3O4/c1-6-32-25(29)20-8-10-22(11-9-20)28-17(2)13-21(18(28)3)16-27-26-15-19-7-12-23(30-4)24(14-19)31-5/h7-14,16,26H,6,15H2,1-5H3/b27-16-. The lowest BCUT2D eigenvalue weighted by atomic mass is 10.2. The highest BCUT2D eigenvalue weighted by atomic mass is 16.5. The number of hydrogen-bond acceptors (Lipinski definition) is 6. The summed E-state index contributed by atoms with van der Waals surface area (Å²) in [6.45, 7) is 6.80. The van der Waals surface area contributed by atoms with E-state index >= 15 is 0 Å². The number of nitrogens with one attached hydrogen (secondary N) is 1. The van der Waals surface area contributed by atoms with Gasteiger partial charge in [0.1, 0.15) is 0 Å². The van der Waals surface area contributed by atoms with E-state index in [-0.39, 0.29) is 5.97 Å². The SMILES string of the molecule is CCOC(=O)c1ccc(-n2c(C)cc(/C=N\NCc3ccc(OC)c(OC)c3)c2C)cc1. The molecule has 7 nitrogen and oxygen atoms in total. The van der Waals surface area contributed by atoms with Crippen molar-refractivity contribution in [1.29, 1.82) is 0 Å². The predicted octanol–water partition coefficient (Wildman–Crippen LogP) is 4.41. The van der Waals surface area contributed by atoms with E-state index in [1.807, 2.05) is 50.4 Å². The van der Waals surface area contributed by atoms with Gasteiger partial charge in [0, 0.05) is 22.6 Å². The molecule has 0 radical (unpaired) electrons. The first kappa shape index (κ1) is 22.9. The molecule has 1 aromatic heterocycles. The first-order valence-electron chi connectivity index (χ1n) is 10.4. The second-order valence-corrected chi connectivity index (χ2v) is 7.21. The Kier molecular flexibility index (Phi) is 7.54. The van der Waals surface area contributed by atoms with Crippen LogP contribution in [0.15, 0.2) is 53.6 Å². The molecule has 0 atom stereocenters. The van der Waals surface area contributed by atoms with Crippen molar-refractivity contribution in [2.45, 2.75) is 27.3 Å². The molecule has 0 amide bonds. The van der Waals surface area contributed by atoms with E-state index < -0.39 is 0 Å². The summed E-state index contributed by atoms with van der Waals surface area (Å²) in [5.74, 6) is 1.07. The van der Waals surface area contributed by atoms with Crippen LogP contribution in [0.25, 0.3) is 5.69 Å². The number of nitrogens with zero attached hydrogens (tertiary/aromatic N) is 2. The number of rotatable bonds is 9. The van der Waals surface area contributed by atoms with Crippen LogP contribution in [0.5, 0.6) is 11.5 Å². The van der Waals surface area contributed by atoms with E-state index in [0.29, 0.717) is 30.2 Å². The number of carbonyl (C=O) groups is 1. The van der Waals surface area contributed by atoms with Crippen LogP contribution in [0, 0.1) is 13.8 Å². The van der Waals surface area contributed by atoms with Gasteiger partial charge in [0.05, 0.1) is 39.1 Å². The highest BCUT2D eigenvalue weighted by Gasteiger charge is 2.11. The first-order valence-corrected chi connectivity index (χ1v) is 10.4. The lowest BCUT2D eigenvalue weighted by Gasteiger charge is -2.10. The van der Waals surface area contributed by atoms with Crippen LogP contribution in [0.4, 0.5) is 0 Å². The van der Waals surface area contributed by atoms with E-state index in [2.05, 4.69) is 21.2 Å². The Morgan fingerprint density at radius 1 is 1.03 bits per heavy atom. The van der Waals surface area contributed by atoms with Gasteiger partial charge in [0.25, 0.3) is 0 Å². The first-order chi connectivity index (χ1) is 15.5. The molecule has 3 rings (SSSR count). The summed E-state index contributed by atoms with van der Waals surface area (Å²) in [6, 6.07) is 15.2. The third-order valence-electron chi connectivity index (χ3n) is 5.13. The highest BCUT2D eigenvalue weighted by molar-refractivity contribution is 5.89. The van der Waals surface area contributed by atoms with Gasteiger partial charge in [-0.3, -0.25) is 0 Å². The molecule has 0 saturated carbocycles. The van der Waals surface area contributed by atoms with Gasteiger partial charge in [-0.25, -0.2) is 4.79 Å². The molecule has 32 heavy (non-hydrogen) atoms. The van der Waals surface area contributed by atoms with E-state index in [4.69, 9.17) is 14.2 Å². The number of aryl methyl sites for hydroxylation is 1. The molecule has 0 aliphatic carbocycles. The molecule has 0 aliphatic heterocycles.